The summed E-state index contributed by atoms with van der Waals surface area (Å²) < 4.78 is 1.32. The maximum absolute atomic E-state index is 11.3. The Kier molecular flexibility index (Phi) is 3.52. The first-order valence-corrected chi connectivity index (χ1v) is 6.19. The highest BCUT2D eigenvalue weighted by Crippen LogP contribution is 2.32. The van der Waals surface area contributed by atoms with E-state index < -0.39 is 11.5 Å². The number of hydrogen-bond donors (Lipinski definition) is 1. The van der Waals surface area contributed by atoms with Gasteiger partial charge < -0.3 is 5.11 Å². The smallest absolute Gasteiger partial charge is 0.331 e. The molecule has 0 unspecified atom stereocenters. The number of carboxylic acid groups (broad SMARTS) is 1. The zero-order chi connectivity index (χ0) is 14.2. The van der Waals surface area contributed by atoms with Gasteiger partial charge in [0.05, 0.1) is 16.9 Å². The second kappa shape index (κ2) is 4.83. The molecule has 0 aliphatic carbocycles. The lowest BCUT2D eigenvalue weighted by Gasteiger charge is -2.21. The lowest BCUT2D eigenvalue weighted by molar-refractivity contribution is -0.146. The van der Waals surface area contributed by atoms with E-state index in [2.05, 4.69) is 10.3 Å². The Morgan fingerprint density at radius 3 is 2.63 bits per heavy atom. The summed E-state index contributed by atoms with van der Waals surface area (Å²) in [6.45, 7) is 3.08. The Bertz CT molecular complexity index is 638. The Balaban J connectivity index is 2.60. The van der Waals surface area contributed by atoms with Gasteiger partial charge in [-0.25, -0.2) is 9.48 Å². The van der Waals surface area contributed by atoms with Crippen LogP contribution in [0.25, 0.3) is 11.3 Å². The van der Waals surface area contributed by atoms with Crippen molar-refractivity contribution in [3.05, 3.63) is 34.4 Å². The lowest BCUT2D eigenvalue weighted by Crippen LogP contribution is -2.37. The molecule has 0 bridgehead atoms. The predicted octanol–water partition coefficient (Wildman–Crippen LogP) is 3.07. The maximum atomic E-state index is 11.3. The fourth-order valence-electron chi connectivity index (χ4n) is 1.62. The van der Waals surface area contributed by atoms with E-state index in [1.165, 1.54) is 24.7 Å². The number of benzene rings is 1. The van der Waals surface area contributed by atoms with Crippen LogP contribution in [0.4, 0.5) is 0 Å². The fourth-order valence-corrected chi connectivity index (χ4v) is 2.12. The lowest BCUT2D eigenvalue weighted by atomic mass is 10.0. The van der Waals surface area contributed by atoms with Gasteiger partial charge in [-0.1, -0.05) is 28.4 Å². The van der Waals surface area contributed by atoms with E-state index in [-0.39, 0.29) is 0 Å². The summed E-state index contributed by atoms with van der Waals surface area (Å²) in [5, 5.41) is 17.8. The van der Waals surface area contributed by atoms with Crippen molar-refractivity contribution in [2.45, 2.75) is 19.4 Å². The summed E-state index contributed by atoms with van der Waals surface area (Å²) in [4.78, 5) is 11.3. The van der Waals surface area contributed by atoms with Gasteiger partial charge in [0, 0.05) is 10.6 Å². The standard InChI is InChI=1S/C12H11Cl2N3O2/c1-12(2,11(18)19)17-10(6-15-16-17)8-4-3-7(13)5-9(8)14/h3-6H,1-2H3,(H,18,19). The van der Waals surface area contributed by atoms with Gasteiger partial charge >= 0.3 is 5.97 Å². The number of halogens is 2. The molecule has 0 atom stereocenters. The van der Waals surface area contributed by atoms with Gasteiger partial charge in [0.2, 0.25) is 0 Å². The largest absolute Gasteiger partial charge is 0.479 e. The van der Waals surface area contributed by atoms with Crippen LogP contribution in [0.1, 0.15) is 13.8 Å². The first-order chi connectivity index (χ1) is 8.84. The Morgan fingerprint density at radius 2 is 2.05 bits per heavy atom. The first-order valence-electron chi connectivity index (χ1n) is 5.44. The molecular formula is C12H11Cl2N3O2. The fraction of sp³-hybridized carbons (Fsp3) is 0.250. The van der Waals surface area contributed by atoms with E-state index in [0.717, 1.165) is 0 Å². The molecule has 2 rings (SSSR count). The molecule has 1 heterocycles. The number of aliphatic carboxylic acids is 1. The molecule has 0 aliphatic rings. The molecule has 1 aromatic carbocycles. The molecule has 0 aliphatic heterocycles. The minimum absolute atomic E-state index is 0.414. The van der Waals surface area contributed by atoms with Crippen molar-refractivity contribution >= 4 is 29.2 Å². The molecule has 0 amide bonds. The summed E-state index contributed by atoms with van der Waals surface area (Å²) in [5.41, 5.74) is -0.0751. The average molecular weight is 300 g/mol. The van der Waals surface area contributed by atoms with E-state index in [0.29, 0.717) is 21.3 Å². The van der Waals surface area contributed by atoms with Gasteiger partial charge in [-0.05, 0) is 32.0 Å². The number of carboxylic acids is 1. The van der Waals surface area contributed by atoms with Crippen molar-refractivity contribution in [3.8, 4) is 11.3 Å². The topological polar surface area (TPSA) is 68.0 Å². The molecule has 100 valence electrons. The molecule has 0 radical (unpaired) electrons. The molecule has 0 saturated carbocycles. The molecule has 5 nitrogen and oxygen atoms in total. The number of carbonyl (C=O) groups is 1. The van der Waals surface area contributed by atoms with Crippen LogP contribution >= 0.6 is 23.2 Å². The van der Waals surface area contributed by atoms with Crippen LogP contribution in [0, 0.1) is 0 Å². The molecule has 0 saturated heterocycles. The van der Waals surface area contributed by atoms with E-state index in [4.69, 9.17) is 23.2 Å². The molecular weight excluding hydrogens is 289 g/mol. The summed E-state index contributed by atoms with van der Waals surface area (Å²) in [6.07, 6.45) is 1.47. The molecule has 1 N–H and O–H groups in total. The maximum Gasteiger partial charge on any atom is 0.331 e. The zero-order valence-corrected chi connectivity index (χ0v) is 11.8. The predicted molar refractivity (Wildman–Crippen MR) is 72.4 cm³/mol. The average Bonchev–Trinajstić information content (AvgIpc) is 2.78. The minimum Gasteiger partial charge on any atom is -0.479 e. The number of nitrogens with zero attached hydrogens (tertiary/aromatic N) is 3. The van der Waals surface area contributed by atoms with Crippen molar-refractivity contribution < 1.29 is 9.90 Å². The molecule has 19 heavy (non-hydrogen) atoms. The summed E-state index contributed by atoms with van der Waals surface area (Å²) >= 11 is 12.0. The molecule has 2 aromatic rings. The second-order valence-corrected chi connectivity index (χ2v) is 5.36. The summed E-state index contributed by atoms with van der Waals surface area (Å²) in [6, 6.07) is 4.97. The summed E-state index contributed by atoms with van der Waals surface area (Å²) in [5.74, 6) is -1.01. The van der Waals surface area contributed by atoms with Crippen molar-refractivity contribution in [1.82, 2.24) is 15.0 Å². The molecule has 1 aromatic heterocycles. The normalized spacial score (nSPS) is 11.6. The van der Waals surface area contributed by atoms with E-state index in [1.807, 2.05) is 0 Å². The van der Waals surface area contributed by atoms with Crippen LogP contribution in [-0.4, -0.2) is 26.1 Å². The SMILES string of the molecule is CC(C)(C(=O)O)n1nncc1-c1ccc(Cl)cc1Cl. The third kappa shape index (κ3) is 2.43. The van der Waals surface area contributed by atoms with Crippen LogP contribution in [0.15, 0.2) is 24.4 Å². The van der Waals surface area contributed by atoms with Crippen LogP contribution in [0.2, 0.25) is 10.0 Å². The van der Waals surface area contributed by atoms with Crippen LogP contribution in [0.5, 0.6) is 0 Å². The van der Waals surface area contributed by atoms with Gasteiger partial charge in [-0.15, -0.1) is 5.10 Å². The van der Waals surface area contributed by atoms with E-state index >= 15 is 0 Å². The number of hydrogen-bond acceptors (Lipinski definition) is 3. The Hall–Kier alpha value is -1.59. The highest BCUT2D eigenvalue weighted by molar-refractivity contribution is 6.36. The number of rotatable bonds is 3. The van der Waals surface area contributed by atoms with Crippen molar-refractivity contribution in [2.75, 3.05) is 0 Å². The zero-order valence-electron chi connectivity index (χ0n) is 10.3. The van der Waals surface area contributed by atoms with Gasteiger partial charge in [0.15, 0.2) is 5.54 Å². The monoisotopic (exact) mass is 299 g/mol. The van der Waals surface area contributed by atoms with Gasteiger partial charge in [-0.3, -0.25) is 0 Å². The molecule has 0 fully saturated rings. The number of aromatic nitrogens is 3. The Labute approximate surface area is 119 Å². The van der Waals surface area contributed by atoms with Gasteiger partial charge in [0.1, 0.15) is 0 Å². The quantitative estimate of drug-likeness (QED) is 0.946. The molecule has 0 spiro atoms. The third-order valence-corrected chi connectivity index (χ3v) is 3.36. The van der Waals surface area contributed by atoms with Gasteiger partial charge in [-0.2, -0.15) is 0 Å². The van der Waals surface area contributed by atoms with Crippen molar-refractivity contribution in [1.29, 1.82) is 0 Å². The van der Waals surface area contributed by atoms with Crippen molar-refractivity contribution in [3.63, 3.8) is 0 Å². The van der Waals surface area contributed by atoms with E-state index in [9.17, 15) is 9.90 Å². The highest BCUT2D eigenvalue weighted by atomic mass is 35.5. The Morgan fingerprint density at radius 1 is 1.37 bits per heavy atom. The minimum atomic E-state index is -1.23. The van der Waals surface area contributed by atoms with Crippen molar-refractivity contribution in [2.24, 2.45) is 0 Å². The second-order valence-electron chi connectivity index (χ2n) is 4.52. The van der Waals surface area contributed by atoms with Crippen LogP contribution < -0.4 is 0 Å². The van der Waals surface area contributed by atoms with Gasteiger partial charge in [0.25, 0.3) is 0 Å². The highest BCUT2D eigenvalue weighted by Gasteiger charge is 2.33. The van der Waals surface area contributed by atoms with E-state index in [1.54, 1.807) is 18.2 Å². The first kappa shape index (κ1) is 13.8. The van der Waals surface area contributed by atoms with Crippen LogP contribution in [0.3, 0.4) is 0 Å². The van der Waals surface area contributed by atoms with Crippen LogP contribution in [-0.2, 0) is 10.3 Å². The third-order valence-electron chi connectivity index (χ3n) is 2.81. The summed E-state index contributed by atoms with van der Waals surface area (Å²) in [7, 11) is 0. The molecule has 7 heteroatoms.